The van der Waals surface area contributed by atoms with Crippen molar-refractivity contribution >= 4 is 12.1 Å². The number of carbonyl (C=O) groups is 2. The molecule has 0 radical (unpaired) electrons. The van der Waals surface area contributed by atoms with Crippen LogP contribution in [0, 0.1) is 5.41 Å². The molecular weight excluding hydrogens is 341 g/mol. The average molecular weight is 360 g/mol. The van der Waals surface area contributed by atoms with Gasteiger partial charge in [-0.15, -0.1) is 0 Å². The van der Waals surface area contributed by atoms with E-state index in [0.29, 0.717) is 18.1 Å². The van der Waals surface area contributed by atoms with Crippen LogP contribution in [0.4, 0.5) is 18.0 Å². The summed E-state index contributed by atoms with van der Waals surface area (Å²) >= 11 is 0. The molecule has 2 atom stereocenters. The monoisotopic (exact) mass is 360 g/mol. The summed E-state index contributed by atoms with van der Waals surface area (Å²) in [4.78, 5) is 20.5. The van der Waals surface area contributed by atoms with Crippen LogP contribution in [0.15, 0.2) is 30.3 Å². The van der Waals surface area contributed by atoms with Crippen molar-refractivity contribution in [3.8, 4) is 0 Å². The van der Waals surface area contributed by atoms with Crippen LogP contribution in [-0.4, -0.2) is 42.5 Å². The highest BCUT2D eigenvalue weighted by molar-refractivity contribution is 5.73. The van der Waals surface area contributed by atoms with Crippen LogP contribution in [0.2, 0.25) is 0 Å². The normalized spacial score (nSPS) is 24.2. The maximum absolute atomic E-state index is 11.7. The van der Waals surface area contributed by atoms with E-state index in [1.165, 1.54) is 0 Å². The quantitative estimate of drug-likeness (QED) is 0.770. The molecule has 1 saturated carbocycles. The summed E-state index contributed by atoms with van der Waals surface area (Å²) in [6.45, 7) is 2.43. The molecule has 0 aromatic heterocycles. The second-order valence-corrected chi connectivity index (χ2v) is 6.05. The van der Waals surface area contributed by atoms with Crippen molar-refractivity contribution in [2.45, 2.75) is 31.7 Å². The molecule has 2 unspecified atom stereocenters. The Balaban J connectivity index is 0.000000277. The van der Waals surface area contributed by atoms with Crippen molar-refractivity contribution in [1.82, 2.24) is 10.6 Å². The minimum Gasteiger partial charge on any atom is -0.475 e. The second kappa shape index (κ2) is 7.73. The molecule has 1 aromatic rings. The maximum Gasteiger partial charge on any atom is 0.490 e. The van der Waals surface area contributed by atoms with Gasteiger partial charge in [-0.1, -0.05) is 30.3 Å². The summed E-state index contributed by atoms with van der Waals surface area (Å²) in [5.41, 5.74) is 1.34. The molecule has 3 N–H and O–H groups in total. The molecule has 1 amide bonds. The first-order valence-electron chi connectivity index (χ1n) is 7.71. The van der Waals surface area contributed by atoms with Crippen molar-refractivity contribution in [2.24, 2.45) is 5.41 Å². The first-order valence-corrected chi connectivity index (χ1v) is 7.71. The van der Waals surface area contributed by atoms with E-state index in [0.717, 1.165) is 31.5 Å². The van der Waals surface area contributed by atoms with E-state index in [1.54, 1.807) is 0 Å². The zero-order valence-electron chi connectivity index (χ0n) is 13.3. The number of amides is 1. The van der Waals surface area contributed by atoms with E-state index in [4.69, 9.17) is 14.6 Å². The lowest BCUT2D eigenvalue weighted by molar-refractivity contribution is -0.192. The Morgan fingerprint density at radius 1 is 1.32 bits per heavy atom. The SMILES string of the molecule is O=C(NC1CC12CCNC2)OCc1ccccc1.O=C(O)C(F)(F)F. The molecule has 1 aliphatic heterocycles. The third kappa shape index (κ3) is 5.63. The summed E-state index contributed by atoms with van der Waals surface area (Å²) in [6, 6.07) is 10.0. The van der Waals surface area contributed by atoms with Gasteiger partial charge >= 0.3 is 18.2 Å². The van der Waals surface area contributed by atoms with E-state index in [9.17, 15) is 18.0 Å². The molecule has 6 nitrogen and oxygen atoms in total. The van der Waals surface area contributed by atoms with E-state index in [-0.39, 0.29) is 6.09 Å². The largest absolute Gasteiger partial charge is 0.490 e. The molecule has 9 heteroatoms. The Hall–Kier alpha value is -2.29. The van der Waals surface area contributed by atoms with Crippen LogP contribution in [0.5, 0.6) is 0 Å². The molecule has 2 fully saturated rings. The van der Waals surface area contributed by atoms with Gasteiger partial charge in [0.05, 0.1) is 0 Å². The van der Waals surface area contributed by atoms with Gasteiger partial charge in [0.2, 0.25) is 0 Å². The van der Waals surface area contributed by atoms with Gasteiger partial charge in [0, 0.05) is 18.0 Å². The van der Waals surface area contributed by atoms with Gasteiger partial charge < -0.3 is 20.5 Å². The smallest absolute Gasteiger partial charge is 0.475 e. The Bertz CT molecular complexity index is 601. The van der Waals surface area contributed by atoms with E-state index >= 15 is 0 Å². The van der Waals surface area contributed by atoms with Crippen molar-refractivity contribution < 1.29 is 32.6 Å². The zero-order chi connectivity index (χ0) is 18.5. The number of carboxylic acid groups (broad SMARTS) is 1. The number of hydrogen-bond donors (Lipinski definition) is 3. The summed E-state index contributed by atoms with van der Waals surface area (Å²) in [5, 5.41) is 13.4. The van der Waals surface area contributed by atoms with Crippen molar-refractivity contribution in [3.63, 3.8) is 0 Å². The molecule has 1 spiro atoms. The number of alkyl halides is 3. The molecule has 25 heavy (non-hydrogen) atoms. The number of nitrogens with one attached hydrogen (secondary N) is 2. The highest BCUT2D eigenvalue weighted by atomic mass is 19.4. The number of hydrogen-bond acceptors (Lipinski definition) is 4. The summed E-state index contributed by atoms with van der Waals surface area (Å²) in [7, 11) is 0. The van der Waals surface area contributed by atoms with Crippen LogP contribution in [0.25, 0.3) is 0 Å². The van der Waals surface area contributed by atoms with Crippen molar-refractivity contribution in [2.75, 3.05) is 13.1 Å². The molecule has 1 heterocycles. The van der Waals surface area contributed by atoms with Gasteiger partial charge in [-0.2, -0.15) is 13.2 Å². The van der Waals surface area contributed by atoms with Gasteiger partial charge in [0.1, 0.15) is 6.61 Å². The van der Waals surface area contributed by atoms with Gasteiger partial charge in [0.15, 0.2) is 0 Å². The summed E-state index contributed by atoms with van der Waals surface area (Å²) in [5.74, 6) is -2.76. The van der Waals surface area contributed by atoms with E-state index < -0.39 is 12.1 Å². The third-order valence-electron chi connectivity index (χ3n) is 4.21. The Kier molecular flexibility index (Phi) is 5.89. The molecule has 138 valence electrons. The lowest BCUT2D eigenvalue weighted by atomic mass is 10.1. The van der Waals surface area contributed by atoms with Crippen LogP contribution >= 0.6 is 0 Å². The maximum atomic E-state index is 11.7. The van der Waals surface area contributed by atoms with E-state index in [2.05, 4.69) is 10.6 Å². The molecule has 1 aromatic carbocycles. The minimum atomic E-state index is -5.08. The lowest BCUT2D eigenvalue weighted by Crippen LogP contribution is -2.31. The Labute approximate surface area is 142 Å². The van der Waals surface area contributed by atoms with E-state index in [1.807, 2.05) is 30.3 Å². The number of carboxylic acids is 1. The molecular formula is C16H19F3N2O4. The topological polar surface area (TPSA) is 87.7 Å². The number of carbonyl (C=O) groups excluding carboxylic acids is 1. The minimum absolute atomic E-state index is 0.298. The first-order chi connectivity index (χ1) is 11.7. The predicted octanol–water partition coefficient (Wildman–Crippen LogP) is 2.30. The fourth-order valence-corrected chi connectivity index (χ4v) is 2.69. The molecule has 3 rings (SSSR count). The fourth-order valence-electron chi connectivity index (χ4n) is 2.69. The number of halogens is 3. The van der Waals surface area contributed by atoms with Crippen LogP contribution in [-0.2, 0) is 16.1 Å². The number of ether oxygens (including phenoxy) is 1. The van der Waals surface area contributed by atoms with Gasteiger partial charge in [-0.3, -0.25) is 0 Å². The predicted molar refractivity (Wildman–Crippen MR) is 81.8 cm³/mol. The zero-order valence-corrected chi connectivity index (χ0v) is 13.3. The highest BCUT2D eigenvalue weighted by Gasteiger charge is 2.56. The number of benzene rings is 1. The van der Waals surface area contributed by atoms with Crippen LogP contribution in [0.3, 0.4) is 0 Å². The summed E-state index contributed by atoms with van der Waals surface area (Å²) in [6.07, 6.45) is -3.13. The Morgan fingerprint density at radius 3 is 2.48 bits per heavy atom. The average Bonchev–Trinajstić information content (AvgIpc) is 2.99. The van der Waals surface area contributed by atoms with Crippen molar-refractivity contribution in [3.05, 3.63) is 35.9 Å². The van der Waals surface area contributed by atoms with Crippen LogP contribution in [0.1, 0.15) is 18.4 Å². The molecule has 0 bridgehead atoms. The second-order valence-electron chi connectivity index (χ2n) is 6.05. The molecule has 2 aliphatic rings. The molecule has 1 saturated heterocycles. The van der Waals surface area contributed by atoms with Gasteiger partial charge in [-0.25, -0.2) is 9.59 Å². The first kappa shape index (κ1) is 19.0. The van der Waals surface area contributed by atoms with Crippen LogP contribution < -0.4 is 10.6 Å². The Morgan fingerprint density at radius 2 is 1.96 bits per heavy atom. The molecule has 1 aliphatic carbocycles. The third-order valence-corrected chi connectivity index (χ3v) is 4.21. The number of alkyl carbamates (subject to hydrolysis) is 1. The summed E-state index contributed by atoms with van der Waals surface area (Å²) < 4.78 is 36.9. The van der Waals surface area contributed by atoms with Gasteiger partial charge in [0.25, 0.3) is 0 Å². The number of aliphatic carboxylic acids is 1. The van der Waals surface area contributed by atoms with Crippen molar-refractivity contribution in [1.29, 1.82) is 0 Å². The standard InChI is InChI=1S/C14H18N2O2.C2HF3O2/c17-13(18-9-11-4-2-1-3-5-11)16-12-8-14(12)6-7-15-10-14;3-2(4,5)1(6)7/h1-5,12,15H,6-10H2,(H,16,17);(H,6,7). The highest BCUT2D eigenvalue weighted by Crippen LogP contribution is 2.50. The fraction of sp³-hybridized carbons (Fsp3) is 0.500. The number of rotatable bonds is 3. The lowest BCUT2D eigenvalue weighted by Gasteiger charge is -2.10. The van der Waals surface area contributed by atoms with Gasteiger partial charge in [-0.05, 0) is 24.9 Å².